The van der Waals surface area contributed by atoms with E-state index in [1.54, 1.807) is 12.4 Å². The summed E-state index contributed by atoms with van der Waals surface area (Å²) in [6.45, 7) is 1.93. The summed E-state index contributed by atoms with van der Waals surface area (Å²) in [7, 11) is 6.29. The Morgan fingerprint density at radius 1 is 1.27 bits per heavy atom. The van der Waals surface area contributed by atoms with Crippen molar-refractivity contribution in [2.75, 3.05) is 32.6 Å². The van der Waals surface area contributed by atoms with E-state index in [1.807, 2.05) is 7.11 Å². The molecule has 1 aromatic carbocycles. The van der Waals surface area contributed by atoms with Crippen molar-refractivity contribution in [3.05, 3.63) is 52.4 Å². The molecule has 3 aromatic rings. The number of benzene rings is 1. The van der Waals surface area contributed by atoms with E-state index in [2.05, 4.69) is 79.2 Å². The molecule has 0 saturated carbocycles. The quantitative estimate of drug-likeness (QED) is 0.612. The van der Waals surface area contributed by atoms with Gasteiger partial charge in [0.05, 0.1) is 4.47 Å². The number of nitrogens with zero attached hydrogens (tertiary/aromatic N) is 4. The van der Waals surface area contributed by atoms with Crippen LogP contribution < -0.4 is 5.32 Å². The van der Waals surface area contributed by atoms with Crippen LogP contribution in [0.5, 0.6) is 0 Å². The molecule has 0 spiro atoms. The number of piperidine rings is 1. The number of aromatic nitrogens is 3. The van der Waals surface area contributed by atoms with E-state index in [4.69, 9.17) is 4.74 Å². The van der Waals surface area contributed by atoms with Crippen LogP contribution >= 0.6 is 15.9 Å². The molecule has 0 unspecified atom stereocenters. The van der Waals surface area contributed by atoms with Crippen molar-refractivity contribution < 1.29 is 4.74 Å². The smallest absolute Gasteiger partial charge is 0.222 e. The van der Waals surface area contributed by atoms with Gasteiger partial charge in [0.2, 0.25) is 5.95 Å². The lowest BCUT2D eigenvalue weighted by molar-refractivity contribution is -0.125. The number of likely N-dealkylation sites (tertiary alicyclic amines) is 1. The zero-order valence-corrected chi connectivity index (χ0v) is 19.3. The SMILES string of the molecule is CO[C@]12C[C@@H](CCNc3ncc(Br)cn3)CN(C)[C@@H]1Cc1cn(C)c3cccc2c13. The second-order valence-corrected chi connectivity index (χ2v) is 9.64. The van der Waals surface area contributed by atoms with Crippen molar-refractivity contribution in [3.8, 4) is 0 Å². The second kappa shape index (κ2) is 7.62. The van der Waals surface area contributed by atoms with Crippen LogP contribution in [0.4, 0.5) is 5.95 Å². The second-order valence-electron chi connectivity index (χ2n) is 8.73. The average Bonchev–Trinajstić information content (AvgIpc) is 3.07. The van der Waals surface area contributed by atoms with Gasteiger partial charge in [0.1, 0.15) is 5.60 Å². The fraction of sp³-hybridized carbons (Fsp3) is 0.478. The number of methoxy groups -OCH3 is 1. The lowest BCUT2D eigenvalue weighted by Gasteiger charge is -2.53. The van der Waals surface area contributed by atoms with Gasteiger partial charge < -0.3 is 14.6 Å². The summed E-state index contributed by atoms with van der Waals surface area (Å²) in [5, 5.41) is 4.77. The van der Waals surface area contributed by atoms with Gasteiger partial charge in [0.15, 0.2) is 0 Å². The molecule has 2 aromatic heterocycles. The van der Waals surface area contributed by atoms with E-state index in [0.29, 0.717) is 17.9 Å². The number of hydrogen-bond acceptors (Lipinski definition) is 5. The van der Waals surface area contributed by atoms with Gasteiger partial charge in [-0.2, -0.15) is 0 Å². The zero-order valence-electron chi connectivity index (χ0n) is 17.7. The number of nitrogens with one attached hydrogen (secondary N) is 1. The topological polar surface area (TPSA) is 55.2 Å². The van der Waals surface area contributed by atoms with E-state index in [0.717, 1.165) is 36.8 Å². The van der Waals surface area contributed by atoms with E-state index >= 15 is 0 Å². The Balaban J connectivity index is 1.41. The number of fused-ring (bicyclic) bond motifs is 2. The van der Waals surface area contributed by atoms with Gasteiger partial charge >= 0.3 is 0 Å². The molecule has 1 aliphatic heterocycles. The van der Waals surface area contributed by atoms with Crippen LogP contribution in [0.2, 0.25) is 0 Å². The highest BCUT2D eigenvalue weighted by Gasteiger charge is 2.51. The Bertz CT molecular complexity index is 1070. The van der Waals surface area contributed by atoms with Crippen LogP contribution in [-0.2, 0) is 23.8 Å². The normalized spacial score (nSPS) is 26.0. The minimum Gasteiger partial charge on any atom is -0.372 e. The molecule has 30 heavy (non-hydrogen) atoms. The third-order valence-corrected chi connectivity index (χ3v) is 7.40. The number of halogens is 1. The maximum absolute atomic E-state index is 6.42. The van der Waals surface area contributed by atoms with E-state index in [-0.39, 0.29) is 5.60 Å². The van der Waals surface area contributed by atoms with E-state index in [1.165, 1.54) is 22.0 Å². The number of anilines is 1. The molecule has 5 rings (SSSR count). The van der Waals surface area contributed by atoms with Crippen LogP contribution in [0.1, 0.15) is 24.0 Å². The van der Waals surface area contributed by atoms with Gasteiger partial charge in [-0.15, -0.1) is 0 Å². The minimum atomic E-state index is -0.264. The van der Waals surface area contributed by atoms with Gasteiger partial charge in [-0.05, 0) is 65.4 Å². The lowest BCUT2D eigenvalue weighted by Crippen LogP contribution is -2.59. The highest BCUT2D eigenvalue weighted by Crippen LogP contribution is 2.50. The third kappa shape index (κ3) is 3.15. The summed E-state index contributed by atoms with van der Waals surface area (Å²) >= 11 is 3.38. The molecule has 0 radical (unpaired) electrons. The number of hydrogen-bond donors (Lipinski definition) is 1. The lowest BCUT2D eigenvalue weighted by atomic mass is 9.68. The molecule has 7 heteroatoms. The first-order valence-electron chi connectivity index (χ1n) is 10.6. The van der Waals surface area contributed by atoms with Gasteiger partial charge in [-0.25, -0.2) is 9.97 Å². The molecule has 158 valence electrons. The van der Waals surface area contributed by atoms with Crippen LogP contribution in [0.15, 0.2) is 41.3 Å². The Morgan fingerprint density at radius 2 is 2.07 bits per heavy atom. The monoisotopic (exact) mass is 469 g/mol. The van der Waals surface area contributed by atoms with E-state index < -0.39 is 0 Å². The molecular formula is C23H28BrN5O. The van der Waals surface area contributed by atoms with Gasteiger partial charge in [-0.1, -0.05) is 12.1 Å². The average molecular weight is 470 g/mol. The number of rotatable bonds is 5. The largest absolute Gasteiger partial charge is 0.372 e. The summed E-state index contributed by atoms with van der Waals surface area (Å²) in [5.41, 5.74) is 3.84. The van der Waals surface area contributed by atoms with Crippen molar-refractivity contribution in [2.45, 2.75) is 30.9 Å². The number of likely N-dealkylation sites (N-methyl/N-ethyl adjacent to an activating group) is 1. The summed E-state index contributed by atoms with van der Waals surface area (Å²) in [6, 6.07) is 7.05. The molecule has 1 fully saturated rings. The summed E-state index contributed by atoms with van der Waals surface area (Å²) < 4.78 is 9.57. The highest BCUT2D eigenvalue weighted by atomic mass is 79.9. The molecule has 0 bridgehead atoms. The molecule has 2 aliphatic rings. The first-order valence-corrected chi connectivity index (χ1v) is 11.4. The maximum atomic E-state index is 6.42. The number of aryl methyl sites for hydroxylation is 1. The Morgan fingerprint density at radius 3 is 2.83 bits per heavy atom. The van der Waals surface area contributed by atoms with Crippen molar-refractivity contribution >= 4 is 32.8 Å². The Kier molecular flexibility index (Phi) is 5.08. The minimum absolute atomic E-state index is 0.264. The predicted molar refractivity (Wildman–Crippen MR) is 123 cm³/mol. The first kappa shape index (κ1) is 20.0. The fourth-order valence-electron chi connectivity index (χ4n) is 5.70. The van der Waals surface area contributed by atoms with Crippen LogP contribution in [0.25, 0.3) is 10.9 Å². The van der Waals surface area contributed by atoms with Crippen molar-refractivity contribution in [1.82, 2.24) is 19.4 Å². The number of ether oxygens (including phenoxy) is 1. The van der Waals surface area contributed by atoms with Crippen LogP contribution in [-0.4, -0.2) is 52.7 Å². The molecule has 1 aliphatic carbocycles. The molecular weight excluding hydrogens is 442 g/mol. The summed E-state index contributed by atoms with van der Waals surface area (Å²) in [5.74, 6) is 1.22. The molecule has 1 N–H and O–H groups in total. The Hall–Kier alpha value is -1.96. The maximum Gasteiger partial charge on any atom is 0.222 e. The van der Waals surface area contributed by atoms with Crippen molar-refractivity contribution in [3.63, 3.8) is 0 Å². The fourth-order valence-corrected chi connectivity index (χ4v) is 5.90. The van der Waals surface area contributed by atoms with Crippen LogP contribution in [0.3, 0.4) is 0 Å². The third-order valence-electron chi connectivity index (χ3n) is 6.99. The predicted octanol–water partition coefficient (Wildman–Crippen LogP) is 3.95. The van der Waals surface area contributed by atoms with Crippen molar-refractivity contribution in [1.29, 1.82) is 0 Å². The zero-order chi connectivity index (χ0) is 20.9. The summed E-state index contributed by atoms with van der Waals surface area (Å²) in [6.07, 6.45) is 8.98. The van der Waals surface area contributed by atoms with Crippen molar-refractivity contribution in [2.24, 2.45) is 13.0 Å². The standard InChI is InChI=1S/C23H28BrN5O/c1-28-14-16-9-20-23(30-3,18-5-4-6-19(28)21(16)18)10-15(13-29(20)2)7-8-25-22-26-11-17(24)12-27-22/h4-6,11-12,14-15,20H,7-10,13H2,1-3H3,(H,25,26,27)/t15-,20-,23+/m1/s1. The van der Waals surface area contributed by atoms with E-state index in [9.17, 15) is 0 Å². The van der Waals surface area contributed by atoms with Gasteiger partial charge in [0.25, 0.3) is 0 Å². The molecule has 3 atom stereocenters. The molecule has 0 amide bonds. The molecule has 3 heterocycles. The van der Waals surface area contributed by atoms with Gasteiger partial charge in [-0.3, -0.25) is 4.90 Å². The van der Waals surface area contributed by atoms with Gasteiger partial charge in [0, 0.05) is 62.8 Å². The molecule has 6 nitrogen and oxygen atoms in total. The highest BCUT2D eigenvalue weighted by molar-refractivity contribution is 9.10. The first-order chi connectivity index (χ1) is 14.5. The summed E-state index contributed by atoms with van der Waals surface area (Å²) in [4.78, 5) is 11.2. The van der Waals surface area contributed by atoms with Crippen LogP contribution in [0, 0.1) is 5.92 Å². The Labute approximate surface area is 185 Å². The molecule has 1 saturated heterocycles.